The zero-order valence-electron chi connectivity index (χ0n) is 18.2. The standard InChI is InChI=1S/C23H32N4O4/c1-23(2,22(31)27-11-9-14(10-12-27)13-18(28)29)19(15-3-4-15)26-21(30)17-7-5-16(6-8-17)20(24)25/h5-8,14-15,19H,3-4,9-13H2,1-2H3,(H3,24,25)(H,26,30)(H,28,29). The fraction of sp³-hybridized carbons (Fsp3) is 0.565. The predicted molar refractivity (Wildman–Crippen MR) is 117 cm³/mol. The third-order valence-electron chi connectivity index (χ3n) is 6.53. The first-order chi connectivity index (χ1) is 14.6. The van der Waals surface area contributed by atoms with Crippen molar-refractivity contribution in [2.75, 3.05) is 13.1 Å². The lowest BCUT2D eigenvalue weighted by atomic mass is 9.79. The molecule has 31 heavy (non-hydrogen) atoms. The highest BCUT2D eigenvalue weighted by atomic mass is 16.4. The predicted octanol–water partition coefficient (Wildman–Crippen LogP) is 2.22. The van der Waals surface area contributed by atoms with Crippen LogP contribution in [0.3, 0.4) is 0 Å². The number of amides is 2. The van der Waals surface area contributed by atoms with Crippen molar-refractivity contribution >= 4 is 23.6 Å². The normalized spacial score (nSPS) is 18.3. The lowest BCUT2D eigenvalue weighted by Crippen LogP contribution is -2.55. The molecule has 2 aliphatic rings. The van der Waals surface area contributed by atoms with Gasteiger partial charge in [-0.15, -0.1) is 0 Å². The SMILES string of the molecule is CC(C)(C(=O)N1CCC(CC(=O)O)CC1)C(NC(=O)c1ccc(C(=N)N)cc1)C1CC1. The lowest BCUT2D eigenvalue weighted by Gasteiger charge is -2.40. The number of nitrogen functional groups attached to an aromatic ring is 1. The van der Waals surface area contributed by atoms with E-state index in [4.69, 9.17) is 16.2 Å². The summed E-state index contributed by atoms with van der Waals surface area (Å²) < 4.78 is 0. The zero-order valence-corrected chi connectivity index (χ0v) is 18.2. The van der Waals surface area contributed by atoms with E-state index in [1.807, 2.05) is 18.7 Å². The maximum atomic E-state index is 13.4. The zero-order chi connectivity index (χ0) is 22.8. The molecule has 2 amide bonds. The number of benzene rings is 1. The molecule has 2 fully saturated rings. The van der Waals surface area contributed by atoms with Gasteiger partial charge < -0.3 is 21.1 Å². The number of aliphatic carboxylic acids is 1. The summed E-state index contributed by atoms with van der Waals surface area (Å²) in [5, 5.41) is 19.6. The molecule has 1 aliphatic carbocycles. The number of nitrogens with two attached hydrogens (primary N) is 1. The van der Waals surface area contributed by atoms with Crippen LogP contribution in [0.1, 0.15) is 61.9 Å². The van der Waals surface area contributed by atoms with Gasteiger partial charge in [-0.2, -0.15) is 0 Å². The van der Waals surface area contributed by atoms with Gasteiger partial charge in [0.15, 0.2) is 0 Å². The van der Waals surface area contributed by atoms with Crippen LogP contribution in [0.5, 0.6) is 0 Å². The lowest BCUT2D eigenvalue weighted by molar-refractivity contribution is -0.144. The van der Waals surface area contributed by atoms with Gasteiger partial charge in [0.25, 0.3) is 5.91 Å². The first-order valence-electron chi connectivity index (χ1n) is 10.9. The number of hydrogen-bond acceptors (Lipinski definition) is 4. The second-order valence-electron chi connectivity index (χ2n) is 9.33. The van der Waals surface area contributed by atoms with Crippen molar-refractivity contribution in [3.63, 3.8) is 0 Å². The van der Waals surface area contributed by atoms with E-state index in [9.17, 15) is 14.4 Å². The Bertz CT molecular complexity index is 853. The van der Waals surface area contributed by atoms with Crippen LogP contribution in [0, 0.1) is 22.7 Å². The molecule has 8 nitrogen and oxygen atoms in total. The van der Waals surface area contributed by atoms with Crippen LogP contribution in [-0.4, -0.2) is 52.8 Å². The summed E-state index contributed by atoms with van der Waals surface area (Å²) in [6, 6.07) is 6.27. The van der Waals surface area contributed by atoms with E-state index in [0.29, 0.717) is 37.1 Å². The molecule has 0 radical (unpaired) electrons. The van der Waals surface area contributed by atoms with Gasteiger partial charge in [0, 0.05) is 36.7 Å². The van der Waals surface area contributed by atoms with Gasteiger partial charge in [-0.25, -0.2) is 0 Å². The molecule has 3 rings (SSSR count). The molecule has 1 aromatic rings. The second-order valence-corrected chi connectivity index (χ2v) is 9.33. The van der Waals surface area contributed by atoms with Crippen LogP contribution >= 0.6 is 0 Å². The van der Waals surface area contributed by atoms with Crippen molar-refractivity contribution in [1.29, 1.82) is 5.41 Å². The smallest absolute Gasteiger partial charge is 0.303 e. The van der Waals surface area contributed by atoms with Crippen molar-refractivity contribution in [2.45, 2.75) is 52.0 Å². The molecule has 168 valence electrons. The number of nitrogens with zero attached hydrogens (tertiary/aromatic N) is 1. The molecule has 1 saturated heterocycles. The highest BCUT2D eigenvalue weighted by molar-refractivity contribution is 5.98. The summed E-state index contributed by atoms with van der Waals surface area (Å²) in [7, 11) is 0. The van der Waals surface area contributed by atoms with Crippen LogP contribution in [0.4, 0.5) is 0 Å². The van der Waals surface area contributed by atoms with Gasteiger partial charge in [0.1, 0.15) is 5.84 Å². The Hall–Kier alpha value is -2.90. The van der Waals surface area contributed by atoms with E-state index in [-0.39, 0.29) is 41.9 Å². The summed E-state index contributed by atoms with van der Waals surface area (Å²) in [6.07, 6.45) is 3.49. The molecular weight excluding hydrogens is 396 g/mol. The molecule has 1 aliphatic heterocycles. The minimum absolute atomic E-state index is 0.00500. The van der Waals surface area contributed by atoms with Gasteiger partial charge in [0.2, 0.25) is 5.91 Å². The van der Waals surface area contributed by atoms with Crippen LogP contribution in [0.25, 0.3) is 0 Å². The summed E-state index contributed by atoms with van der Waals surface area (Å²) >= 11 is 0. The maximum absolute atomic E-state index is 13.4. The van der Waals surface area contributed by atoms with Gasteiger partial charge in [-0.05, 0) is 63.5 Å². The molecule has 1 atom stereocenters. The molecule has 1 saturated carbocycles. The average Bonchev–Trinajstić information content (AvgIpc) is 3.56. The first-order valence-corrected chi connectivity index (χ1v) is 10.9. The van der Waals surface area contributed by atoms with E-state index < -0.39 is 11.4 Å². The van der Waals surface area contributed by atoms with Crippen LogP contribution in [0.15, 0.2) is 24.3 Å². The molecule has 1 aromatic carbocycles. The third kappa shape index (κ3) is 5.42. The van der Waals surface area contributed by atoms with E-state index in [1.165, 1.54) is 0 Å². The summed E-state index contributed by atoms with van der Waals surface area (Å²) in [6.45, 7) is 4.89. The van der Waals surface area contributed by atoms with Crippen LogP contribution in [-0.2, 0) is 9.59 Å². The largest absolute Gasteiger partial charge is 0.481 e. The number of carbonyl (C=O) groups excluding carboxylic acids is 2. The van der Waals surface area contributed by atoms with Crippen molar-refractivity contribution in [3.8, 4) is 0 Å². The second kappa shape index (κ2) is 9.08. The fourth-order valence-electron chi connectivity index (χ4n) is 4.47. The monoisotopic (exact) mass is 428 g/mol. The number of nitrogens with one attached hydrogen (secondary N) is 2. The van der Waals surface area contributed by atoms with Crippen molar-refractivity contribution in [1.82, 2.24) is 10.2 Å². The number of carbonyl (C=O) groups is 3. The van der Waals surface area contributed by atoms with Crippen LogP contribution < -0.4 is 11.1 Å². The number of likely N-dealkylation sites (tertiary alicyclic amines) is 1. The average molecular weight is 429 g/mol. The number of rotatable bonds is 8. The molecule has 1 heterocycles. The highest BCUT2D eigenvalue weighted by Crippen LogP contribution is 2.42. The van der Waals surface area contributed by atoms with Crippen LogP contribution in [0.2, 0.25) is 0 Å². The topological polar surface area (TPSA) is 137 Å². The van der Waals surface area contributed by atoms with Gasteiger partial charge in [-0.1, -0.05) is 12.1 Å². The third-order valence-corrected chi connectivity index (χ3v) is 6.53. The Kier molecular flexibility index (Phi) is 6.67. The number of carboxylic acid groups (broad SMARTS) is 1. The number of hydrogen-bond donors (Lipinski definition) is 4. The number of piperidine rings is 1. The molecule has 0 aromatic heterocycles. The first kappa shape index (κ1) is 22.8. The van der Waals surface area contributed by atoms with E-state index in [0.717, 1.165) is 12.8 Å². The number of amidine groups is 1. The van der Waals surface area contributed by atoms with Crippen molar-refractivity contribution < 1.29 is 19.5 Å². The molecule has 8 heteroatoms. The summed E-state index contributed by atoms with van der Waals surface area (Å²) in [5.74, 6) is -0.705. The Labute approximate surface area is 182 Å². The van der Waals surface area contributed by atoms with Gasteiger partial charge in [0.05, 0.1) is 5.41 Å². The minimum Gasteiger partial charge on any atom is -0.481 e. The summed E-state index contributed by atoms with van der Waals surface area (Å²) in [5.41, 5.74) is 5.72. The van der Waals surface area contributed by atoms with E-state index >= 15 is 0 Å². The quantitative estimate of drug-likeness (QED) is 0.372. The Balaban J connectivity index is 1.67. The highest BCUT2D eigenvalue weighted by Gasteiger charge is 2.48. The molecule has 5 N–H and O–H groups in total. The van der Waals surface area contributed by atoms with E-state index in [1.54, 1.807) is 24.3 Å². The number of carboxylic acids is 1. The Morgan fingerprint density at radius 1 is 1.13 bits per heavy atom. The van der Waals surface area contributed by atoms with E-state index in [2.05, 4.69) is 5.32 Å². The Morgan fingerprint density at radius 3 is 2.16 bits per heavy atom. The molecule has 0 spiro atoms. The molecular formula is C23H32N4O4. The maximum Gasteiger partial charge on any atom is 0.303 e. The Morgan fingerprint density at radius 2 is 1.68 bits per heavy atom. The fourth-order valence-corrected chi connectivity index (χ4v) is 4.47. The van der Waals surface area contributed by atoms with Crippen molar-refractivity contribution in [3.05, 3.63) is 35.4 Å². The molecule has 1 unspecified atom stereocenters. The van der Waals surface area contributed by atoms with Crippen molar-refractivity contribution in [2.24, 2.45) is 23.0 Å². The van der Waals surface area contributed by atoms with Gasteiger partial charge in [-0.3, -0.25) is 19.8 Å². The molecule has 0 bridgehead atoms. The minimum atomic E-state index is -0.794. The summed E-state index contributed by atoms with van der Waals surface area (Å²) in [4.78, 5) is 39.0. The van der Waals surface area contributed by atoms with Gasteiger partial charge >= 0.3 is 5.97 Å².